The number of fused-ring (bicyclic) bond motifs is 2. The fraction of sp³-hybridized carbons (Fsp3) is 0.510. The molecule has 0 saturated heterocycles. The summed E-state index contributed by atoms with van der Waals surface area (Å²) in [5.74, 6) is -3.20. The van der Waals surface area contributed by atoms with Gasteiger partial charge < -0.3 is 43.2 Å². The van der Waals surface area contributed by atoms with Crippen molar-refractivity contribution in [1.82, 2.24) is 4.90 Å². The summed E-state index contributed by atoms with van der Waals surface area (Å²) in [7, 11) is -1.56. The minimum Gasteiger partial charge on any atom is -0.491 e. The Morgan fingerprint density at radius 1 is 0.868 bits per heavy atom. The van der Waals surface area contributed by atoms with Gasteiger partial charge in [0.1, 0.15) is 35.4 Å². The summed E-state index contributed by atoms with van der Waals surface area (Å²) in [4.78, 5) is 87.3. The van der Waals surface area contributed by atoms with Crippen LogP contribution in [-0.4, -0.2) is 116 Å². The van der Waals surface area contributed by atoms with E-state index >= 15 is 4.79 Å². The number of aliphatic hydroxyl groups excluding tert-OH is 1. The van der Waals surface area contributed by atoms with Crippen LogP contribution in [0.15, 0.2) is 59.6 Å². The first-order chi connectivity index (χ1) is 31.8. The molecule has 16 nitrogen and oxygen atoms in total. The molecule has 0 spiro atoms. The van der Waals surface area contributed by atoms with Crippen LogP contribution >= 0.6 is 0 Å². The van der Waals surface area contributed by atoms with Gasteiger partial charge in [0.25, 0.3) is 5.91 Å². The molecule has 3 aromatic rings. The first-order valence-corrected chi connectivity index (χ1v) is 26.6. The van der Waals surface area contributed by atoms with Gasteiger partial charge in [-0.2, -0.15) is 4.99 Å². The molecule has 4 rings (SSSR count). The zero-order chi connectivity index (χ0) is 50.4. The Bertz CT molecular complexity index is 2320. The molecule has 2 amide bonds. The van der Waals surface area contributed by atoms with E-state index in [0.29, 0.717) is 41.7 Å². The number of esters is 3. The minimum absolute atomic E-state index is 0.0534. The van der Waals surface area contributed by atoms with Crippen LogP contribution in [0.25, 0.3) is 0 Å². The second-order valence-corrected chi connectivity index (χ2v) is 25.5. The van der Waals surface area contributed by atoms with Gasteiger partial charge in [-0.1, -0.05) is 37.8 Å². The summed E-state index contributed by atoms with van der Waals surface area (Å²) in [5, 5.41) is 9.14. The fourth-order valence-electron chi connectivity index (χ4n) is 6.95. The van der Waals surface area contributed by atoms with Crippen molar-refractivity contribution in [1.29, 1.82) is 0 Å². The second-order valence-electron chi connectivity index (χ2n) is 19.9. The lowest BCUT2D eigenvalue weighted by molar-refractivity contribution is -0.161. The predicted octanol–water partition coefficient (Wildman–Crippen LogP) is 8.38. The lowest BCUT2D eigenvalue weighted by Crippen LogP contribution is -2.48. The van der Waals surface area contributed by atoms with Gasteiger partial charge in [0.05, 0.1) is 49.7 Å². The number of benzene rings is 3. The third-order valence-corrected chi connectivity index (χ3v) is 11.6. The van der Waals surface area contributed by atoms with Crippen LogP contribution in [0.5, 0.6) is 17.2 Å². The van der Waals surface area contributed by atoms with Crippen LogP contribution in [-0.2, 0) is 47.9 Å². The molecule has 1 atom stereocenters. The maximum Gasteiger partial charge on any atom is 0.434 e. The van der Waals surface area contributed by atoms with Crippen LogP contribution in [0.4, 0.5) is 4.79 Å². The molecule has 3 aromatic carbocycles. The number of ketones is 1. The number of Topliss-reactive ketones (excluding diaryl/α,β-unsaturated/α-hetero) is 1. The van der Waals surface area contributed by atoms with Crippen molar-refractivity contribution in [3.63, 3.8) is 0 Å². The summed E-state index contributed by atoms with van der Waals surface area (Å²) in [6.07, 6.45) is 0.0375. The Hall–Kier alpha value is -5.91. The number of nitrogens with zero attached hydrogens (tertiary/aromatic N) is 2. The topological polar surface area (TPSA) is 203 Å². The second kappa shape index (κ2) is 24.4. The Morgan fingerprint density at radius 3 is 2.25 bits per heavy atom. The number of amides is 2. The van der Waals surface area contributed by atoms with Gasteiger partial charge in [-0.05, 0) is 127 Å². The lowest BCUT2D eigenvalue weighted by Gasteiger charge is -2.33. The van der Waals surface area contributed by atoms with E-state index in [1.807, 2.05) is 6.07 Å². The van der Waals surface area contributed by atoms with Crippen LogP contribution in [0.2, 0.25) is 25.7 Å². The van der Waals surface area contributed by atoms with Gasteiger partial charge in [-0.15, -0.1) is 0 Å². The number of hydrogen-bond acceptors (Lipinski definition) is 14. The number of carbonyl (C=O) groups is 6. The zero-order valence-electron chi connectivity index (χ0n) is 41.4. The highest BCUT2D eigenvalue weighted by molar-refractivity contribution is 6.76. The first-order valence-electron chi connectivity index (χ1n) is 22.8. The Morgan fingerprint density at radius 2 is 1.59 bits per heavy atom. The van der Waals surface area contributed by atoms with Crippen molar-refractivity contribution in [2.45, 2.75) is 131 Å². The molecule has 1 aliphatic rings. The monoisotopic (exact) mass is 960 g/mol. The maximum atomic E-state index is 15.2. The fourth-order valence-corrected chi connectivity index (χ4v) is 7.67. The van der Waals surface area contributed by atoms with E-state index in [1.165, 1.54) is 42.2 Å². The number of hydrogen-bond donors (Lipinski definition) is 1. The lowest BCUT2D eigenvalue weighted by atomic mass is 9.97. The largest absolute Gasteiger partial charge is 0.491 e. The highest BCUT2D eigenvalue weighted by Gasteiger charge is 2.37. The average Bonchev–Trinajstić information content (AvgIpc) is 3.21. The van der Waals surface area contributed by atoms with Gasteiger partial charge in [0.15, 0.2) is 11.5 Å². The summed E-state index contributed by atoms with van der Waals surface area (Å²) in [5.41, 5.74) is 1.04. The van der Waals surface area contributed by atoms with Crippen molar-refractivity contribution in [3.05, 3.63) is 88.0 Å². The van der Waals surface area contributed by atoms with E-state index in [0.717, 1.165) is 11.6 Å². The van der Waals surface area contributed by atoms with Crippen LogP contribution < -0.4 is 14.2 Å². The smallest absolute Gasteiger partial charge is 0.434 e. The van der Waals surface area contributed by atoms with Gasteiger partial charge in [-0.3, -0.25) is 9.59 Å². The zero-order valence-corrected chi connectivity index (χ0v) is 42.4. The molecular formula is C51H68N2O14Si. The van der Waals surface area contributed by atoms with Crippen molar-refractivity contribution < 1.29 is 67.0 Å². The summed E-state index contributed by atoms with van der Waals surface area (Å²) in [6, 6.07) is 13.7. The SMILES string of the molecule is CC(=O)C[C@@H](C(=O)OC(C)(C)C)N(Cc1cc(OCCOCCO)cc(C(=O)OCC[Si](C)(C)C)c1)C(=O)c1cccc2c1OCCCc1cc(CC(C)=NC(=O)OC(C)(C)C)ccc1C(=O)O2. The molecular weight excluding hydrogens is 893 g/mol. The number of aryl methyl sites for hydroxylation is 1. The van der Waals surface area contributed by atoms with E-state index in [2.05, 4.69) is 24.6 Å². The summed E-state index contributed by atoms with van der Waals surface area (Å²) >= 11 is 0. The first kappa shape index (κ1) is 54.7. The Kier molecular flexibility index (Phi) is 19.6. The quantitative estimate of drug-likeness (QED) is 0.0300. The van der Waals surface area contributed by atoms with Crippen molar-refractivity contribution in [2.24, 2.45) is 4.99 Å². The maximum absolute atomic E-state index is 15.2. The van der Waals surface area contributed by atoms with Crippen molar-refractivity contribution in [2.75, 3.05) is 39.6 Å². The summed E-state index contributed by atoms with van der Waals surface area (Å²) < 4.78 is 40.4. The van der Waals surface area contributed by atoms with Crippen LogP contribution in [0, 0.1) is 0 Å². The van der Waals surface area contributed by atoms with E-state index in [1.54, 1.807) is 66.7 Å². The molecule has 0 aromatic heterocycles. The molecule has 68 heavy (non-hydrogen) atoms. The number of aliphatic imine (C=N–C) groups is 1. The molecule has 0 radical (unpaired) electrons. The van der Waals surface area contributed by atoms with E-state index in [-0.39, 0.29) is 74.6 Å². The molecule has 0 unspecified atom stereocenters. The number of aliphatic hydroxyl groups is 1. The number of carbonyl (C=O) groups excluding carboxylic acids is 6. The van der Waals surface area contributed by atoms with Crippen molar-refractivity contribution >= 4 is 49.5 Å². The van der Waals surface area contributed by atoms with E-state index in [9.17, 15) is 24.0 Å². The highest BCUT2D eigenvalue weighted by atomic mass is 28.3. The molecule has 1 heterocycles. The van der Waals surface area contributed by atoms with Gasteiger partial charge >= 0.3 is 24.0 Å². The predicted molar refractivity (Wildman–Crippen MR) is 258 cm³/mol. The third kappa shape index (κ3) is 18.0. The van der Waals surface area contributed by atoms with Crippen LogP contribution in [0.1, 0.15) is 116 Å². The Labute approximate surface area is 400 Å². The van der Waals surface area contributed by atoms with E-state index < -0.39 is 67.4 Å². The molecule has 0 saturated carbocycles. The van der Waals surface area contributed by atoms with Gasteiger partial charge in [0, 0.05) is 33.2 Å². The Balaban J connectivity index is 1.77. The molecule has 1 aliphatic heterocycles. The highest BCUT2D eigenvalue weighted by Crippen LogP contribution is 2.36. The standard InChI is InChI=1S/C51H68N2O14Si/c1-33(52-49(60)67-51(6,7)8)26-35-17-18-40-37(28-35)14-13-20-63-44-41(15-12-16-43(44)65-47(40)58)45(56)53(42(27-34(2)55)48(59)66-50(3,4)5)32-36-29-38(46(57)64-24-25-68(9,10)11)31-39(30-36)62-23-22-61-21-19-54/h12,15-18,28-31,42,54H,13-14,19-27,32H2,1-11H3/t42-/m0/s1. The number of ether oxygens (including phenoxy) is 7. The average molecular weight is 961 g/mol. The van der Waals surface area contributed by atoms with Gasteiger partial charge in [-0.25, -0.2) is 19.2 Å². The third-order valence-electron chi connectivity index (χ3n) is 9.94. The summed E-state index contributed by atoms with van der Waals surface area (Å²) in [6.45, 7) is 19.9. The molecule has 1 N–H and O–H groups in total. The molecule has 370 valence electrons. The molecule has 0 fully saturated rings. The van der Waals surface area contributed by atoms with Crippen LogP contribution in [0.3, 0.4) is 0 Å². The molecule has 17 heteroatoms. The molecule has 0 aliphatic carbocycles. The molecule has 0 bridgehead atoms. The van der Waals surface area contributed by atoms with Crippen molar-refractivity contribution in [3.8, 4) is 17.2 Å². The van der Waals surface area contributed by atoms with E-state index in [4.69, 9.17) is 38.3 Å². The van der Waals surface area contributed by atoms with Gasteiger partial charge in [0.2, 0.25) is 0 Å². The number of rotatable bonds is 19. The minimum atomic E-state index is -1.56. The number of para-hydroxylation sites is 1. The normalized spacial score (nSPS) is 13.7.